The number of nitrogens with zero attached hydrogens (tertiary/aromatic N) is 2. The zero-order valence-corrected chi connectivity index (χ0v) is 11.5. The van der Waals surface area contributed by atoms with Gasteiger partial charge in [0.15, 0.2) is 5.82 Å². The fourth-order valence-electron chi connectivity index (χ4n) is 2.58. The van der Waals surface area contributed by atoms with Crippen molar-refractivity contribution < 1.29 is 0 Å². The smallest absolute Gasteiger partial charge is 0.154 e. The number of nitrogen functional groups attached to an aromatic ring is 1. The molecule has 2 N–H and O–H groups in total. The Morgan fingerprint density at radius 1 is 0.950 bits per heavy atom. The third-order valence-electron chi connectivity index (χ3n) is 3.49. The number of hydrogen-bond donors (Lipinski definition) is 1. The lowest BCUT2D eigenvalue weighted by atomic mass is 9.97. The number of fused-ring (bicyclic) bond motifs is 1. The summed E-state index contributed by atoms with van der Waals surface area (Å²) in [4.78, 5) is 0. The molecule has 0 bridgehead atoms. The van der Waals surface area contributed by atoms with Gasteiger partial charge in [-0.1, -0.05) is 61.9 Å². The molecule has 0 saturated heterocycles. The van der Waals surface area contributed by atoms with Gasteiger partial charge in [0.25, 0.3) is 0 Å². The van der Waals surface area contributed by atoms with Gasteiger partial charge < -0.3 is 5.73 Å². The second-order valence-corrected chi connectivity index (χ2v) is 4.89. The molecule has 100 valence electrons. The number of hydrogen-bond acceptors (Lipinski definition) is 3. The van der Waals surface area contributed by atoms with Crippen LogP contribution in [0.3, 0.4) is 0 Å². The number of anilines is 1. The van der Waals surface area contributed by atoms with E-state index >= 15 is 0 Å². The summed E-state index contributed by atoms with van der Waals surface area (Å²) in [5, 5.41) is 10.6. The summed E-state index contributed by atoms with van der Waals surface area (Å²) >= 11 is 0. The van der Waals surface area contributed by atoms with Crippen LogP contribution in [0.1, 0.15) is 18.9 Å². The second-order valence-electron chi connectivity index (χ2n) is 4.89. The van der Waals surface area contributed by atoms with Gasteiger partial charge in [0.2, 0.25) is 0 Å². The minimum absolute atomic E-state index is 0.498. The molecule has 3 rings (SSSR count). The summed E-state index contributed by atoms with van der Waals surface area (Å²) < 4.78 is 0. The summed E-state index contributed by atoms with van der Waals surface area (Å²) in [7, 11) is 0. The van der Waals surface area contributed by atoms with Gasteiger partial charge in [-0.25, -0.2) is 0 Å². The van der Waals surface area contributed by atoms with E-state index in [4.69, 9.17) is 5.73 Å². The lowest BCUT2D eigenvalue weighted by Gasteiger charge is -2.11. The molecule has 20 heavy (non-hydrogen) atoms. The first-order valence-electron chi connectivity index (χ1n) is 6.90. The molecule has 0 unspecified atom stereocenters. The van der Waals surface area contributed by atoms with Gasteiger partial charge in [0, 0.05) is 16.3 Å². The van der Waals surface area contributed by atoms with Crippen LogP contribution in [0.25, 0.3) is 22.0 Å². The van der Waals surface area contributed by atoms with Crippen molar-refractivity contribution in [1.29, 1.82) is 0 Å². The quantitative estimate of drug-likeness (QED) is 0.781. The molecule has 1 heterocycles. The van der Waals surface area contributed by atoms with Gasteiger partial charge in [-0.3, -0.25) is 0 Å². The Balaban J connectivity index is 2.35. The lowest BCUT2D eigenvalue weighted by molar-refractivity contribution is 0.928. The summed E-state index contributed by atoms with van der Waals surface area (Å²) in [6.07, 6.45) is 2.11. The SMILES string of the molecule is CCCc1cccc2c(N)nnc(-c3ccccc3)c12. The maximum atomic E-state index is 5.99. The average molecular weight is 263 g/mol. The standard InChI is InChI=1S/C17H17N3/c1-2-7-12-10-6-11-14-15(12)16(19-20-17(14)18)13-8-4-3-5-9-13/h3-6,8-11H,2,7H2,1H3,(H2,18,20). The molecule has 2 aromatic carbocycles. The van der Waals surface area contributed by atoms with Crippen molar-refractivity contribution in [3.05, 3.63) is 54.1 Å². The zero-order chi connectivity index (χ0) is 13.9. The molecule has 0 aliphatic carbocycles. The largest absolute Gasteiger partial charge is 0.382 e. The van der Waals surface area contributed by atoms with Crippen molar-refractivity contribution in [3.8, 4) is 11.3 Å². The average Bonchev–Trinajstić information content (AvgIpc) is 2.50. The van der Waals surface area contributed by atoms with E-state index in [1.807, 2.05) is 30.3 Å². The summed E-state index contributed by atoms with van der Waals surface area (Å²) in [5.41, 5.74) is 9.27. The first-order valence-corrected chi connectivity index (χ1v) is 6.90. The van der Waals surface area contributed by atoms with E-state index in [0.717, 1.165) is 34.9 Å². The molecule has 3 nitrogen and oxygen atoms in total. The van der Waals surface area contributed by atoms with Crippen molar-refractivity contribution in [3.63, 3.8) is 0 Å². The first kappa shape index (κ1) is 12.6. The third-order valence-corrected chi connectivity index (χ3v) is 3.49. The van der Waals surface area contributed by atoms with Crippen molar-refractivity contribution in [2.75, 3.05) is 5.73 Å². The summed E-state index contributed by atoms with van der Waals surface area (Å²) in [6.45, 7) is 2.18. The molecule has 0 spiro atoms. The van der Waals surface area contributed by atoms with Crippen molar-refractivity contribution >= 4 is 16.6 Å². The van der Waals surface area contributed by atoms with Crippen LogP contribution in [-0.4, -0.2) is 10.2 Å². The topological polar surface area (TPSA) is 51.8 Å². The maximum absolute atomic E-state index is 5.99. The highest BCUT2D eigenvalue weighted by Crippen LogP contribution is 2.31. The Hall–Kier alpha value is -2.42. The molecule has 0 aliphatic rings. The Kier molecular flexibility index (Phi) is 3.33. The molecule has 0 amide bonds. The zero-order valence-electron chi connectivity index (χ0n) is 11.5. The molecular formula is C17H17N3. The lowest BCUT2D eigenvalue weighted by Crippen LogP contribution is -2.00. The van der Waals surface area contributed by atoms with E-state index in [-0.39, 0.29) is 0 Å². The van der Waals surface area contributed by atoms with Crippen LogP contribution in [0, 0.1) is 0 Å². The van der Waals surface area contributed by atoms with Gasteiger partial charge in [-0.05, 0) is 12.0 Å². The van der Waals surface area contributed by atoms with Crippen molar-refractivity contribution in [2.45, 2.75) is 19.8 Å². The monoisotopic (exact) mass is 263 g/mol. The molecule has 0 saturated carbocycles. The van der Waals surface area contributed by atoms with E-state index in [1.54, 1.807) is 0 Å². The molecule has 0 atom stereocenters. The molecule has 3 aromatic rings. The van der Waals surface area contributed by atoms with Gasteiger partial charge >= 0.3 is 0 Å². The maximum Gasteiger partial charge on any atom is 0.154 e. The highest BCUT2D eigenvalue weighted by molar-refractivity contribution is 6.01. The third kappa shape index (κ3) is 2.11. The Labute approximate surface area is 118 Å². The highest BCUT2D eigenvalue weighted by Gasteiger charge is 2.12. The molecule has 3 heteroatoms. The van der Waals surface area contributed by atoms with Crippen LogP contribution < -0.4 is 5.73 Å². The van der Waals surface area contributed by atoms with Crippen molar-refractivity contribution in [2.24, 2.45) is 0 Å². The van der Waals surface area contributed by atoms with Gasteiger partial charge in [-0.2, -0.15) is 0 Å². The van der Waals surface area contributed by atoms with Gasteiger partial charge in [-0.15, -0.1) is 10.2 Å². The molecule has 0 radical (unpaired) electrons. The molecule has 0 aliphatic heterocycles. The van der Waals surface area contributed by atoms with E-state index in [0.29, 0.717) is 5.82 Å². The summed E-state index contributed by atoms with van der Waals surface area (Å²) in [5.74, 6) is 0.498. The van der Waals surface area contributed by atoms with E-state index in [1.165, 1.54) is 5.56 Å². The number of aryl methyl sites for hydroxylation is 1. The minimum atomic E-state index is 0.498. The van der Waals surface area contributed by atoms with Crippen LogP contribution >= 0.6 is 0 Å². The van der Waals surface area contributed by atoms with E-state index in [2.05, 4.69) is 35.3 Å². The van der Waals surface area contributed by atoms with Crippen LogP contribution in [0.4, 0.5) is 5.82 Å². The fourth-order valence-corrected chi connectivity index (χ4v) is 2.58. The fraction of sp³-hybridized carbons (Fsp3) is 0.176. The highest BCUT2D eigenvalue weighted by atomic mass is 15.1. The Morgan fingerprint density at radius 2 is 1.75 bits per heavy atom. The molecule has 0 fully saturated rings. The number of rotatable bonds is 3. The van der Waals surface area contributed by atoms with Gasteiger partial charge in [0.05, 0.1) is 0 Å². The van der Waals surface area contributed by atoms with Crippen LogP contribution in [0.2, 0.25) is 0 Å². The van der Waals surface area contributed by atoms with Crippen LogP contribution in [0.15, 0.2) is 48.5 Å². The van der Waals surface area contributed by atoms with Crippen molar-refractivity contribution in [1.82, 2.24) is 10.2 Å². The number of nitrogens with two attached hydrogens (primary N) is 1. The van der Waals surface area contributed by atoms with Crippen LogP contribution in [-0.2, 0) is 6.42 Å². The Bertz CT molecular complexity index is 736. The second kappa shape index (κ2) is 5.29. The van der Waals surface area contributed by atoms with E-state index < -0.39 is 0 Å². The predicted octanol–water partition coefficient (Wildman–Crippen LogP) is 3.83. The minimum Gasteiger partial charge on any atom is -0.382 e. The van der Waals surface area contributed by atoms with Crippen LogP contribution in [0.5, 0.6) is 0 Å². The molecular weight excluding hydrogens is 246 g/mol. The molecule has 1 aromatic heterocycles. The number of aromatic nitrogens is 2. The van der Waals surface area contributed by atoms with Gasteiger partial charge in [0.1, 0.15) is 5.69 Å². The van der Waals surface area contributed by atoms with E-state index in [9.17, 15) is 0 Å². The summed E-state index contributed by atoms with van der Waals surface area (Å²) in [6, 6.07) is 16.4. The predicted molar refractivity (Wildman–Crippen MR) is 83.4 cm³/mol. The first-order chi connectivity index (χ1) is 9.81. The number of benzene rings is 2. The Morgan fingerprint density at radius 3 is 2.50 bits per heavy atom. The normalized spacial score (nSPS) is 10.8.